The van der Waals surface area contributed by atoms with Gasteiger partial charge in [-0.05, 0) is 30.3 Å². The molecule has 138 valence electrons. The Kier molecular flexibility index (Phi) is 5.10. The maximum atomic E-state index is 12.7. The van der Waals surface area contributed by atoms with Crippen LogP contribution < -0.4 is 10.3 Å². The molecule has 1 N–H and O–H groups in total. The molecule has 1 fully saturated rings. The minimum Gasteiger partial charge on any atom is -0.497 e. The van der Waals surface area contributed by atoms with Gasteiger partial charge in [-0.1, -0.05) is 0 Å². The van der Waals surface area contributed by atoms with Crippen LogP contribution in [0.15, 0.2) is 52.3 Å². The minimum absolute atomic E-state index is 0.193. The van der Waals surface area contributed by atoms with E-state index in [1.807, 2.05) is 0 Å². The molecule has 3 rings (SSSR count). The quantitative estimate of drug-likeness (QED) is 0.838. The van der Waals surface area contributed by atoms with Crippen molar-refractivity contribution in [2.45, 2.75) is 4.90 Å². The van der Waals surface area contributed by atoms with Crippen LogP contribution in [0.5, 0.6) is 5.75 Å². The van der Waals surface area contributed by atoms with Gasteiger partial charge in [-0.2, -0.15) is 4.31 Å². The Hall–Kier alpha value is -2.65. The van der Waals surface area contributed by atoms with Gasteiger partial charge in [0.2, 0.25) is 15.6 Å². The number of benzene rings is 1. The lowest BCUT2D eigenvalue weighted by atomic mass is 10.2. The van der Waals surface area contributed by atoms with Crippen molar-refractivity contribution in [3.8, 4) is 5.75 Å². The molecule has 8 nitrogen and oxygen atoms in total. The Morgan fingerprint density at radius 1 is 1.04 bits per heavy atom. The summed E-state index contributed by atoms with van der Waals surface area (Å²) in [6.07, 6.45) is 1.37. The first-order valence-corrected chi connectivity index (χ1v) is 9.48. The molecule has 0 spiro atoms. The number of carbonyl (C=O) groups excluding carboxylic acids is 1. The largest absolute Gasteiger partial charge is 0.497 e. The fourth-order valence-corrected chi connectivity index (χ4v) is 4.18. The second-order valence-electron chi connectivity index (χ2n) is 5.81. The van der Waals surface area contributed by atoms with Gasteiger partial charge in [0.1, 0.15) is 5.75 Å². The summed E-state index contributed by atoms with van der Waals surface area (Å²) in [4.78, 5) is 27.8. The lowest BCUT2D eigenvalue weighted by Gasteiger charge is -2.34. The normalized spacial score (nSPS) is 15.7. The van der Waals surface area contributed by atoms with Crippen LogP contribution in [0.3, 0.4) is 0 Å². The Bertz CT molecular complexity index is 925. The van der Waals surface area contributed by atoms with E-state index < -0.39 is 10.0 Å². The number of ether oxygens (including phenoxy) is 1. The van der Waals surface area contributed by atoms with Gasteiger partial charge in [0.15, 0.2) is 0 Å². The second-order valence-corrected chi connectivity index (χ2v) is 7.75. The maximum absolute atomic E-state index is 12.7. The van der Waals surface area contributed by atoms with Gasteiger partial charge in [0, 0.05) is 38.4 Å². The summed E-state index contributed by atoms with van der Waals surface area (Å²) in [5.41, 5.74) is 0.0908. The number of rotatable bonds is 4. The van der Waals surface area contributed by atoms with E-state index >= 15 is 0 Å². The van der Waals surface area contributed by atoms with Crippen molar-refractivity contribution < 1.29 is 17.9 Å². The molecule has 0 unspecified atom stereocenters. The van der Waals surface area contributed by atoms with Crippen LogP contribution in [0, 0.1) is 0 Å². The summed E-state index contributed by atoms with van der Waals surface area (Å²) in [6.45, 7) is 0.994. The van der Waals surface area contributed by atoms with Gasteiger partial charge in [0.25, 0.3) is 5.91 Å². The molecule has 26 heavy (non-hydrogen) atoms. The lowest BCUT2D eigenvalue weighted by molar-refractivity contribution is 0.0697. The van der Waals surface area contributed by atoms with Gasteiger partial charge < -0.3 is 14.6 Å². The summed E-state index contributed by atoms with van der Waals surface area (Å²) in [6, 6.07) is 8.96. The molecule has 1 saturated heterocycles. The molecule has 1 aliphatic heterocycles. The maximum Gasteiger partial charge on any atom is 0.255 e. The highest BCUT2D eigenvalue weighted by Crippen LogP contribution is 2.21. The number of methoxy groups -OCH3 is 1. The molecule has 2 heterocycles. The summed E-state index contributed by atoms with van der Waals surface area (Å²) >= 11 is 0. The van der Waals surface area contributed by atoms with E-state index in [-0.39, 0.29) is 42.5 Å². The van der Waals surface area contributed by atoms with E-state index in [0.29, 0.717) is 11.3 Å². The Labute approximate surface area is 151 Å². The van der Waals surface area contributed by atoms with Gasteiger partial charge in [0.05, 0.1) is 17.6 Å². The van der Waals surface area contributed by atoms with Gasteiger partial charge in [-0.25, -0.2) is 8.42 Å². The monoisotopic (exact) mass is 377 g/mol. The standard InChI is InChI=1S/C17H19N3O5S/c1-25-14-3-5-15(6-4-14)26(23,24)20-10-8-19(9-11-20)17(22)13-2-7-16(21)18-12-13/h2-7,12H,8-11H2,1H3,(H,18,21). The first kappa shape index (κ1) is 18.2. The highest BCUT2D eigenvalue weighted by atomic mass is 32.2. The van der Waals surface area contributed by atoms with Crippen LogP contribution in [0.1, 0.15) is 10.4 Å². The number of piperazine rings is 1. The van der Waals surface area contributed by atoms with Crippen molar-refractivity contribution in [2.75, 3.05) is 33.3 Å². The highest BCUT2D eigenvalue weighted by molar-refractivity contribution is 7.89. The van der Waals surface area contributed by atoms with Gasteiger partial charge >= 0.3 is 0 Å². The van der Waals surface area contributed by atoms with Crippen molar-refractivity contribution >= 4 is 15.9 Å². The third kappa shape index (κ3) is 3.63. The molecule has 0 aliphatic carbocycles. The zero-order valence-electron chi connectivity index (χ0n) is 14.2. The number of carbonyl (C=O) groups is 1. The zero-order valence-corrected chi connectivity index (χ0v) is 15.0. The lowest BCUT2D eigenvalue weighted by Crippen LogP contribution is -2.50. The number of nitrogens with one attached hydrogen (secondary N) is 1. The van der Waals surface area contributed by atoms with E-state index in [1.165, 1.54) is 41.9 Å². The third-order valence-electron chi connectivity index (χ3n) is 4.25. The third-order valence-corrected chi connectivity index (χ3v) is 6.17. The average molecular weight is 377 g/mol. The van der Waals surface area contributed by atoms with Crippen molar-refractivity contribution in [2.24, 2.45) is 0 Å². The SMILES string of the molecule is COc1ccc(S(=O)(=O)N2CCN(C(=O)c3ccc(=O)[nH]c3)CC2)cc1. The second kappa shape index (κ2) is 7.30. The van der Waals surface area contributed by atoms with E-state index in [0.717, 1.165) is 0 Å². The molecule has 1 aromatic heterocycles. The van der Waals surface area contributed by atoms with Crippen molar-refractivity contribution in [3.05, 3.63) is 58.5 Å². The molecule has 1 aliphatic rings. The Balaban J connectivity index is 1.68. The van der Waals surface area contributed by atoms with E-state index in [9.17, 15) is 18.0 Å². The Morgan fingerprint density at radius 2 is 1.69 bits per heavy atom. The van der Waals surface area contributed by atoms with Crippen LogP contribution in [0.4, 0.5) is 0 Å². The molecule has 1 amide bonds. The van der Waals surface area contributed by atoms with E-state index in [4.69, 9.17) is 4.74 Å². The van der Waals surface area contributed by atoms with Gasteiger partial charge in [-0.3, -0.25) is 9.59 Å². The number of nitrogens with zero attached hydrogens (tertiary/aromatic N) is 2. The van der Waals surface area contributed by atoms with Crippen molar-refractivity contribution in [1.29, 1.82) is 0 Å². The fraction of sp³-hybridized carbons (Fsp3) is 0.294. The van der Waals surface area contributed by atoms with E-state index in [2.05, 4.69) is 4.98 Å². The summed E-state index contributed by atoms with van der Waals surface area (Å²) < 4.78 is 31.8. The number of hydrogen-bond donors (Lipinski definition) is 1. The molecule has 0 bridgehead atoms. The first-order chi connectivity index (χ1) is 12.4. The molecule has 1 aromatic carbocycles. The average Bonchev–Trinajstić information content (AvgIpc) is 2.68. The number of pyridine rings is 1. The smallest absolute Gasteiger partial charge is 0.255 e. The van der Waals surface area contributed by atoms with Crippen molar-refractivity contribution in [1.82, 2.24) is 14.2 Å². The predicted molar refractivity (Wildman–Crippen MR) is 94.7 cm³/mol. The predicted octanol–water partition coefficient (Wildman–Crippen LogP) is 0.530. The van der Waals surface area contributed by atoms with Crippen molar-refractivity contribution in [3.63, 3.8) is 0 Å². The number of sulfonamides is 1. The molecular formula is C17H19N3O5S. The van der Waals surface area contributed by atoms with Crippen LogP contribution >= 0.6 is 0 Å². The van der Waals surface area contributed by atoms with Crippen LogP contribution in [-0.2, 0) is 10.0 Å². The molecule has 0 radical (unpaired) electrons. The summed E-state index contributed by atoms with van der Waals surface area (Å²) in [5.74, 6) is 0.350. The zero-order chi connectivity index (χ0) is 18.7. The number of aromatic amines is 1. The first-order valence-electron chi connectivity index (χ1n) is 8.04. The molecule has 0 saturated carbocycles. The number of amides is 1. The molecule has 2 aromatic rings. The molecule has 9 heteroatoms. The number of hydrogen-bond acceptors (Lipinski definition) is 5. The molecular weight excluding hydrogens is 358 g/mol. The summed E-state index contributed by atoms with van der Waals surface area (Å²) in [7, 11) is -2.10. The summed E-state index contributed by atoms with van der Waals surface area (Å²) in [5, 5.41) is 0. The Morgan fingerprint density at radius 3 is 2.23 bits per heavy atom. The van der Waals surface area contributed by atoms with Crippen LogP contribution in [0.2, 0.25) is 0 Å². The number of H-pyrrole nitrogens is 1. The molecule has 0 atom stereocenters. The van der Waals surface area contributed by atoms with Crippen LogP contribution in [-0.4, -0.2) is 61.8 Å². The van der Waals surface area contributed by atoms with Gasteiger partial charge in [-0.15, -0.1) is 0 Å². The topological polar surface area (TPSA) is 99.8 Å². The van der Waals surface area contributed by atoms with Crippen LogP contribution in [0.25, 0.3) is 0 Å². The fourth-order valence-electron chi connectivity index (χ4n) is 2.75. The minimum atomic E-state index is -3.61. The number of aromatic nitrogens is 1. The van der Waals surface area contributed by atoms with E-state index in [1.54, 1.807) is 17.0 Å². The highest BCUT2D eigenvalue weighted by Gasteiger charge is 2.30.